The number of halogens is 1. The molecule has 0 atom stereocenters. The molecule has 2 fully saturated rings. The van der Waals surface area contributed by atoms with Gasteiger partial charge in [-0.05, 0) is 31.0 Å². The molecule has 0 unspecified atom stereocenters. The number of piperazine rings is 1. The Morgan fingerprint density at radius 1 is 0.903 bits per heavy atom. The molecule has 0 bridgehead atoms. The Balaban J connectivity index is 1.50. The average molecular weight is 439 g/mol. The van der Waals surface area contributed by atoms with Gasteiger partial charge in [0.2, 0.25) is 0 Å². The number of hydrogen-bond acceptors (Lipinski definition) is 6. The number of hydrogen-bond donors (Lipinski definition) is 0. The SMILES string of the molecule is COc1cc2nc(C3CCC3)nc(N3CCN(c4ccccc4Cl)CC3)c2cc1OC. The predicted molar refractivity (Wildman–Crippen MR) is 125 cm³/mol. The molecule has 31 heavy (non-hydrogen) atoms. The molecule has 2 aromatic carbocycles. The van der Waals surface area contributed by atoms with E-state index in [1.54, 1.807) is 14.2 Å². The van der Waals surface area contributed by atoms with Gasteiger partial charge >= 0.3 is 0 Å². The first-order chi connectivity index (χ1) is 15.2. The van der Waals surface area contributed by atoms with Gasteiger partial charge in [0.15, 0.2) is 11.5 Å². The van der Waals surface area contributed by atoms with E-state index in [4.69, 9.17) is 31.0 Å². The predicted octanol–water partition coefficient (Wildman–Crippen LogP) is 4.89. The third kappa shape index (κ3) is 3.74. The van der Waals surface area contributed by atoms with Crippen molar-refractivity contribution in [3.63, 3.8) is 0 Å². The topological polar surface area (TPSA) is 50.7 Å². The van der Waals surface area contributed by atoms with Gasteiger partial charge in [-0.15, -0.1) is 0 Å². The van der Waals surface area contributed by atoms with Gasteiger partial charge in [-0.1, -0.05) is 30.2 Å². The number of ether oxygens (including phenoxy) is 2. The number of methoxy groups -OCH3 is 2. The monoisotopic (exact) mass is 438 g/mol. The Labute approximate surface area is 187 Å². The lowest BCUT2D eigenvalue weighted by Crippen LogP contribution is -2.47. The van der Waals surface area contributed by atoms with E-state index >= 15 is 0 Å². The van der Waals surface area contributed by atoms with Crippen LogP contribution in [0.15, 0.2) is 36.4 Å². The summed E-state index contributed by atoms with van der Waals surface area (Å²) in [5, 5.41) is 1.81. The minimum absolute atomic E-state index is 0.459. The normalized spacial score (nSPS) is 17.0. The molecule has 7 heteroatoms. The third-order valence-corrected chi connectivity index (χ3v) is 6.76. The molecule has 2 aliphatic rings. The van der Waals surface area contributed by atoms with E-state index in [9.17, 15) is 0 Å². The Hall–Kier alpha value is -2.73. The van der Waals surface area contributed by atoms with Crippen molar-refractivity contribution in [3.05, 3.63) is 47.2 Å². The molecule has 5 rings (SSSR count). The van der Waals surface area contributed by atoms with E-state index in [-0.39, 0.29) is 0 Å². The second-order valence-electron chi connectivity index (χ2n) is 8.18. The quantitative estimate of drug-likeness (QED) is 0.565. The van der Waals surface area contributed by atoms with E-state index < -0.39 is 0 Å². The fourth-order valence-electron chi connectivity index (χ4n) is 4.41. The van der Waals surface area contributed by atoms with Crippen LogP contribution in [0.25, 0.3) is 10.9 Å². The molecule has 1 aromatic heterocycles. The molecule has 1 saturated heterocycles. The highest BCUT2D eigenvalue weighted by Gasteiger charge is 2.27. The summed E-state index contributed by atoms with van der Waals surface area (Å²) in [6, 6.07) is 12.0. The third-order valence-electron chi connectivity index (χ3n) is 6.44. The van der Waals surface area contributed by atoms with E-state index in [0.29, 0.717) is 17.4 Å². The van der Waals surface area contributed by atoms with Crippen LogP contribution in [0.2, 0.25) is 5.02 Å². The zero-order valence-corrected chi connectivity index (χ0v) is 18.7. The molecule has 0 amide bonds. The summed E-state index contributed by atoms with van der Waals surface area (Å²) < 4.78 is 11.1. The smallest absolute Gasteiger partial charge is 0.162 e. The zero-order valence-electron chi connectivity index (χ0n) is 18.0. The van der Waals surface area contributed by atoms with Crippen LogP contribution in [0, 0.1) is 0 Å². The number of benzene rings is 2. The van der Waals surface area contributed by atoms with Crippen molar-refractivity contribution in [1.29, 1.82) is 0 Å². The lowest BCUT2D eigenvalue weighted by Gasteiger charge is -2.38. The Morgan fingerprint density at radius 3 is 2.23 bits per heavy atom. The van der Waals surface area contributed by atoms with Gasteiger partial charge < -0.3 is 19.3 Å². The molecule has 2 heterocycles. The lowest BCUT2D eigenvalue weighted by atomic mass is 9.85. The molecule has 1 aliphatic carbocycles. The number of rotatable bonds is 5. The lowest BCUT2D eigenvalue weighted by molar-refractivity contribution is 0.355. The van der Waals surface area contributed by atoms with Crippen LogP contribution in [0.5, 0.6) is 11.5 Å². The van der Waals surface area contributed by atoms with Crippen molar-refractivity contribution in [3.8, 4) is 11.5 Å². The molecule has 1 aliphatic heterocycles. The zero-order chi connectivity index (χ0) is 21.4. The summed E-state index contributed by atoms with van der Waals surface area (Å²) in [7, 11) is 3.32. The molecule has 6 nitrogen and oxygen atoms in total. The molecule has 0 N–H and O–H groups in total. The highest BCUT2D eigenvalue weighted by atomic mass is 35.5. The number of fused-ring (bicyclic) bond motifs is 1. The second kappa shape index (κ2) is 8.42. The molecular weight excluding hydrogens is 412 g/mol. The summed E-state index contributed by atoms with van der Waals surface area (Å²) in [6.07, 6.45) is 3.58. The summed E-state index contributed by atoms with van der Waals surface area (Å²) in [5.74, 6) is 3.80. The number of para-hydroxylation sites is 1. The average Bonchev–Trinajstić information content (AvgIpc) is 2.77. The molecule has 1 saturated carbocycles. The van der Waals surface area contributed by atoms with Crippen LogP contribution in [0.3, 0.4) is 0 Å². The number of anilines is 2. The largest absolute Gasteiger partial charge is 0.493 e. The van der Waals surface area contributed by atoms with Crippen LogP contribution in [-0.4, -0.2) is 50.4 Å². The van der Waals surface area contributed by atoms with Gasteiger partial charge in [0.1, 0.15) is 11.6 Å². The van der Waals surface area contributed by atoms with Gasteiger partial charge in [0.05, 0.1) is 30.4 Å². The Kier molecular flexibility index (Phi) is 5.48. The van der Waals surface area contributed by atoms with Gasteiger partial charge in [0, 0.05) is 43.5 Å². The maximum Gasteiger partial charge on any atom is 0.162 e. The second-order valence-corrected chi connectivity index (χ2v) is 8.59. The van der Waals surface area contributed by atoms with Crippen molar-refractivity contribution in [2.75, 3.05) is 50.2 Å². The number of nitrogens with zero attached hydrogens (tertiary/aromatic N) is 4. The summed E-state index contributed by atoms with van der Waals surface area (Å²) >= 11 is 6.43. The van der Waals surface area contributed by atoms with Crippen molar-refractivity contribution in [1.82, 2.24) is 9.97 Å². The Bertz CT molecular complexity index is 1090. The van der Waals surface area contributed by atoms with Crippen molar-refractivity contribution in [2.45, 2.75) is 25.2 Å². The van der Waals surface area contributed by atoms with E-state index in [2.05, 4.69) is 15.9 Å². The maximum absolute atomic E-state index is 6.43. The Morgan fingerprint density at radius 2 is 1.58 bits per heavy atom. The fourth-order valence-corrected chi connectivity index (χ4v) is 4.67. The minimum atomic E-state index is 0.459. The van der Waals surface area contributed by atoms with Crippen LogP contribution in [-0.2, 0) is 0 Å². The van der Waals surface area contributed by atoms with Crippen molar-refractivity contribution < 1.29 is 9.47 Å². The van der Waals surface area contributed by atoms with Crippen LogP contribution >= 0.6 is 11.6 Å². The molecule has 0 radical (unpaired) electrons. The van der Waals surface area contributed by atoms with E-state index in [0.717, 1.165) is 59.4 Å². The van der Waals surface area contributed by atoms with Crippen LogP contribution < -0.4 is 19.3 Å². The van der Waals surface area contributed by atoms with Crippen LogP contribution in [0.1, 0.15) is 31.0 Å². The van der Waals surface area contributed by atoms with E-state index in [1.807, 2.05) is 30.3 Å². The van der Waals surface area contributed by atoms with Crippen molar-refractivity contribution in [2.24, 2.45) is 0 Å². The van der Waals surface area contributed by atoms with E-state index in [1.165, 1.54) is 19.3 Å². The standard InChI is InChI=1S/C24H27ClN4O2/c1-30-21-14-17-19(15-22(21)31-2)26-23(16-6-5-7-16)27-24(17)29-12-10-28(11-13-29)20-9-4-3-8-18(20)25/h3-4,8-9,14-16H,5-7,10-13H2,1-2H3. The molecular formula is C24H27ClN4O2. The molecule has 162 valence electrons. The molecule has 0 spiro atoms. The minimum Gasteiger partial charge on any atom is -0.493 e. The fraction of sp³-hybridized carbons (Fsp3) is 0.417. The summed E-state index contributed by atoms with van der Waals surface area (Å²) in [5.41, 5.74) is 2.01. The van der Waals surface area contributed by atoms with Crippen molar-refractivity contribution >= 4 is 34.0 Å². The first kappa shape index (κ1) is 20.2. The first-order valence-electron chi connectivity index (χ1n) is 10.9. The maximum atomic E-state index is 6.43. The van der Waals surface area contributed by atoms with Gasteiger partial charge in [-0.3, -0.25) is 0 Å². The molecule has 3 aromatic rings. The van der Waals surface area contributed by atoms with Gasteiger partial charge in [-0.25, -0.2) is 9.97 Å². The summed E-state index contributed by atoms with van der Waals surface area (Å²) in [6.45, 7) is 3.52. The van der Waals surface area contributed by atoms with Gasteiger partial charge in [0.25, 0.3) is 0 Å². The highest BCUT2D eigenvalue weighted by Crippen LogP contribution is 2.40. The summed E-state index contributed by atoms with van der Waals surface area (Å²) in [4.78, 5) is 14.7. The number of aromatic nitrogens is 2. The van der Waals surface area contributed by atoms with Gasteiger partial charge in [-0.2, -0.15) is 0 Å². The first-order valence-corrected chi connectivity index (χ1v) is 11.2. The van der Waals surface area contributed by atoms with Crippen LogP contribution in [0.4, 0.5) is 11.5 Å². The highest BCUT2D eigenvalue weighted by molar-refractivity contribution is 6.33.